The Morgan fingerprint density at radius 1 is 1.14 bits per heavy atom. The van der Waals surface area contributed by atoms with Crippen LogP contribution in [0.2, 0.25) is 0 Å². The maximum absolute atomic E-state index is 13.2. The molecule has 1 aromatic carbocycles. The van der Waals surface area contributed by atoms with Crippen LogP contribution in [0.25, 0.3) is 0 Å². The third-order valence-electron chi connectivity index (χ3n) is 4.60. The summed E-state index contributed by atoms with van der Waals surface area (Å²) >= 11 is 0. The number of amides is 1. The number of aryl methyl sites for hydroxylation is 1. The highest BCUT2D eigenvalue weighted by Crippen LogP contribution is 2.26. The topological polar surface area (TPSA) is 71.7 Å². The molecule has 8 heteroatoms. The molecule has 0 radical (unpaired) electrons. The Hall–Kier alpha value is -3.42. The predicted octanol–water partition coefficient (Wildman–Crippen LogP) is 3.27. The first-order valence-corrected chi connectivity index (χ1v) is 8.94. The number of carbonyl (C=O) groups is 1. The number of carbonyl (C=O) groups excluding carboxylic acids is 1. The van der Waals surface area contributed by atoms with Gasteiger partial charge in [0.2, 0.25) is 5.88 Å². The van der Waals surface area contributed by atoms with Crippen molar-refractivity contribution in [3.8, 4) is 11.6 Å². The summed E-state index contributed by atoms with van der Waals surface area (Å²) in [6, 6.07) is 9.44. The van der Waals surface area contributed by atoms with Gasteiger partial charge >= 0.3 is 0 Å². The quantitative estimate of drug-likeness (QED) is 0.690. The molecular weight excluding hydrogens is 363 g/mol. The van der Waals surface area contributed by atoms with Gasteiger partial charge in [-0.3, -0.25) is 4.79 Å². The van der Waals surface area contributed by atoms with E-state index in [1.54, 1.807) is 36.1 Å². The molecule has 1 amide bonds. The van der Waals surface area contributed by atoms with Crippen molar-refractivity contribution in [2.45, 2.75) is 6.92 Å². The Balaban J connectivity index is 1.42. The van der Waals surface area contributed by atoms with Crippen molar-refractivity contribution < 1.29 is 18.3 Å². The van der Waals surface area contributed by atoms with Gasteiger partial charge < -0.3 is 19.0 Å². The van der Waals surface area contributed by atoms with E-state index in [0.29, 0.717) is 49.1 Å². The average molecular weight is 382 g/mol. The molecule has 144 valence electrons. The number of ether oxygens (including phenoxy) is 1. The van der Waals surface area contributed by atoms with E-state index in [4.69, 9.17) is 9.15 Å². The van der Waals surface area contributed by atoms with Crippen LogP contribution >= 0.6 is 0 Å². The first-order chi connectivity index (χ1) is 13.6. The molecule has 0 saturated carbocycles. The molecule has 1 aliphatic heterocycles. The number of piperazine rings is 1. The largest absolute Gasteiger partial charge is 0.459 e. The van der Waals surface area contributed by atoms with E-state index in [1.165, 1.54) is 24.7 Å². The Morgan fingerprint density at radius 2 is 1.96 bits per heavy atom. The van der Waals surface area contributed by atoms with Crippen molar-refractivity contribution in [2.24, 2.45) is 0 Å². The van der Waals surface area contributed by atoms with E-state index < -0.39 is 0 Å². The lowest BCUT2D eigenvalue weighted by Crippen LogP contribution is -2.49. The van der Waals surface area contributed by atoms with E-state index in [-0.39, 0.29) is 11.7 Å². The van der Waals surface area contributed by atoms with Crippen LogP contribution < -0.4 is 9.64 Å². The zero-order valence-corrected chi connectivity index (χ0v) is 15.3. The molecule has 2 aromatic heterocycles. The number of aromatic nitrogens is 2. The minimum absolute atomic E-state index is 0.108. The zero-order valence-electron chi connectivity index (χ0n) is 15.3. The van der Waals surface area contributed by atoms with Crippen molar-refractivity contribution in [3.63, 3.8) is 0 Å². The molecule has 7 nitrogen and oxygen atoms in total. The summed E-state index contributed by atoms with van der Waals surface area (Å²) in [7, 11) is 0. The minimum Gasteiger partial charge on any atom is -0.459 e. The van der Waals surface area contributed by atoms with Crippen molar-refractivity contribution in [1.82, 2.24) is 14.9 Å². The average Bonchev–Trinajstić information content (AvgIpc) is 3.25. The molecule has 0 bridgehead atoms. The third-order valence-corrected chi connectivity index (χ3v) is 4.60. The van der Waals surface area contributed by atoms with Gasteiger partial charge in [0.05, 0.1) is 6.26 Å². The normalized spacial score (nSPS) is 14.2. The number of furan rings is 1. The number of halogens is 1. The number of nitrogens with zero attached hydrogens (tertiary/aromatic N) is 4. The Bertz CT molecular complexity index is 969. The fourth-order valence-electron chi connectivity index (χ4n) is 3.09. The summed E-state index contributed by atoms with van der Waals surface area (Å²) in [6.45, 7) is 4.18. The first-order valence-electron chi connectivity index (χ1n) is 8.94. The van der Waals surface area contributed by atoms with Gasteiger partial charge in [0.15, 0.2) is 5.76 Å². The van der Waals surface area contributed by atoms with Crippen molar-refractivity contribution in [1.29, 1.82) is 0 Å². The van der Waals surface area contributed by atoms with Crippen LogP contribution in [-0.4, -0.2) is 47.0 Å². The van der Waals surface area contributed by atoms with Crippen molar-refractivity contribution in [2.75, 3.05) is 31.1 Å². The standard InChI is InChI=1S/C20H19FN4O3/c1-14-11-15(21)4-5-16(14)28-19-12-18(22-13-23-19)24-6-8-25(9-7-24)20(26)17-3-2-10-27-17/h2-5,10-13H,6-9H2,1H3. The SMILES string of the molecule is Cc1cc(F)ccc1Oc1cc(N2CCN(C(=O)c3ccco3)CC2)ncn1. The second-order valence-electron chi connectivity index (χ2n) is 6.48. The minimum atomic E-state index is -0.310. The van der Waals surface area contributed by atoms with Crippen LogP contribution in [0, 0.1) is 12.7 Å². The van der Waals surface area contributed by atoms with Gasteiger partial charge in [0.25, 0.3) is 5.91 Å². The molecule has 1 saturated heterocycles. The highest BCUT2D eigenvalue weighted by Gasteiger charge is 2.24. The van der Waals surface area contributed by atoms with E-state index in [1.807, 2.05) is 0 Å². The highest BCUT2D eigenvalue weighted by atomic mass is 19.1. The molecule has 1 aliphatic rings. The van der Waals surface area contributed by atoms with Gasteiger partial charge in [-0.05, 0) is 42.8 Å². The van der Waals surface area contributed by atoms with Crippen molar-refractivity contribution >= 4 is 11.7 Å². The summed E-state index contributed by atoms with van der Waals surface area (Å²) in [4.78, 5) is 24.6. The lowest BCUT2D eigenvalue weighted by Gasteiger charge is -2.34. The molecule has 0 unspecified atom stereocenters. The van der Waals surface area contributed by atoms with Crippen LogP contribution in [0.15, 0.2) is 53.4 Å². The fourth-order valence-corrected chi connectivity index (χ4v) is 3.09. The molecule has 28 heavy (non-hydrogen) atoms. The Labute approximate surface area is 161 Å². The number of anilines is 1. The Kier molecular flexibility index (Phi) is 4.92. The monoisotopic (exact) mass is 382 g/mol. The van der Waals surface area contributed by atoms with E-state index in [9.17, 15) is 9.18 Å². The molecule has 0 aliphatic carbocycles. The van der Waals surface area contributed by atoms with Gasteiger partial charge in [-0.2, -0.15) is 0 Å². The summed E-state index contributed by atoms with van der Waals surface area (Å²) < 4.78 is 24.2. The highest BCUT2D eigenvalue weighted by molar-refractivity contribution is 5.91. The number of hydrogen-bond donors (Lipinski definition) is 0. The maximum atomic E-state index is 13.2. The van der Waals surface area contributed by atoms with E-state index >= 15 is 0 Å². The summed E-state index contributed by atoms with van der Waals surface area (Å²) in [5.41, 5.74) is 0.685. The lowest BCUT2D eigenvalue weighted by atomic mass is 10.2. The van der Waals surface area contributed by atoms with E-state index in [2.05, 4.69) is 14.9 Å². The molecule has 3 heterocycles. The Morgan fingerprint density at radius 3 is 2.68 bits per heavy atom. The molecule has 0 N–H and O–H groups in total. The number of benzene rings is 1. The maximum Gasteiger partial charge on any atom is 0.289 e. The zero-order chi connectivity index (χ0) is 19.5. The second-order valence-corrected chi connectivity index (χ2v) is 6.48. The predicted molar refractivity (Wildman–Crippen MR) is 100 cm³/mol. The van der Waals surface area contributed by atoms with Crippen LogP contribution in [-0.2, 0) is 0 Å². The molecule has 1 fully saturated rings. The third kappa shape index (κ3) is 3.80. The van der Waals surface area contributed by atoms with Crippen LogP contribution in [0.3, 0.4) is 0 Å². The molecule has 4 rings (SSSR count). The molecular formula is C20H19FN4O3. The molecule has 0 spiro atoms. The van der Waals surface area contributed by atoms with Gasteiger partial charge in [0.1, 0.15) is 23.7 Å². The summed E-state index contributed by atoms with van der Waals surface area (Å²) in [5, 5.41) is 0. The van der Waals surface area contributed by atoms with Crippen molar-refractivity contribution in [3.05, 3.63) is 66.1 Å². The van der Waals surface area contributed by atoms with Crippen LogP contribution in [0.5, 0.6) is 11.6 Å². The lowest BCUT2D eigenvalue weighted by molar-refractivity contribution is 0.0714. The van der Waals surface area contributed by atoms with Gasteiger partial charge in [-0.25, -0.2) is 14.4 Å². The molecule has 0 atom stereocenters. The van der Waals surface area contributed by atoms with Crippen LogP contribution in [0.1, 0.15) is 16.1 Å². The number of hydrogen-bond acceptors (Lipinski definition) is 6. The summed E-state index contributed by atoms with van der Waals surface area (Å²) in [6.07, 6.45) is 2.93. The second kappa shape index (κ2) is 7.67. The van der Waals surface area contributed by atoms with Gasteiger partial charge in [-0.15, -0.1) is 0 Å². The molecule has 3 aromatic rings. The van der Waals surface area contributed by atoms with E-state index in [0.717, 1.165) is 5.82 Å². The first kappa shape index (κ1) is 18.0. The number of rotatable bonds is 4. The van der Waals surface area contributed by atoms with Crippen LogP contribution in [0.4, 0.5) is 10.2 Å². The van der Waals surface area contributed by atoms with Gasteiger partial charge in [-0.1, -0.05) is 0 Å². The fraction of sp³-hybridized carbons (Fsp3) is 0.250. The smallest absolute Gasteiger partial charge is 0.289 e. The van der Waals surface area contributed by atoms with Gasteiger partial charge in [0, 0.05) is 32.2 Å². The summed E-state index contributed by atoms with van der Waals surface area (Å²) in [5.74, 6) is 1.57.